The first-order valence-corrected chi connectivity index (χ1v) is 8.90. The van der Waals surface area contributed by atoms with Crippen molar-refractivity contribution >= 4 is 51.5 Å². The molecule has 0 spiro atoms. The Kier molecular flexibility index (Phi) is 8.37. The molecular weight excluding hydrogens is 432 g/mol. The van der Waals surface area contributed by atoms with E-state index >= 15 is 0 Å². The molecule has 6 heteroatoms. The molecule has 0 atom stereocenters. The molecule has 0 bridgehead atoms. The molecule has 0 aromatic heterocycles. The van der Waals surface area contributed by atoms with E-state index in [0.29, 0.717) is 16.7 Å². The quantitative estimate of drug-likeness (QED) is 0.548. The molecule has 2 rings (SSSR count). The summed E-state index contributed by atoms with van der Waals surface area (Å²) in [5, 5.41) is 4.72. The fourth-order valence-electron chi connectivity index (χ4n) is 1.98. The van der Waals surface area contributed by atoms with E-state index in [1.54, 1.807) is 6.07 Å². The predicted octanol–water partition coefficient (Wildman–Crippen LogP) is 6.64. The minimum absolute atomic E-state index is 0. The van der Waals surface area contributed by atoms with Gasteiger partial charge in [-0.05, 0) is 51.1 Å². The van der Waals surface area contributed by atoms with Crippen LogP contribution in [0.2, 0.25) is 10.0 Å². The molecule has 0 unspecified atom stereocenters. The molecule has 0 aliphatic carbocycles. The van der Waals surface area contributed by atoms with E-state index in [1.807, 2.05) is 24.3 Å². The number of hydrogen-bond donors (Lipinski definition) is 1. The summed E-state index contributed by atoms with van der Waals surface area (Å²) in [5.41, 5.74) is 2.05. The fourth-order valence-corrected chi connectivity index (χ4v) is 2.85. The van der Waals surface area contributed by atoms with Gasteiger partial charge >= 0.3 is 0 Å². The lowest BCUT2D eigenvalue weighted by atomic mass is 10.1. The largest absolute Gasteiger partial charge is 0.489 e. The summed E-state index contributed by atoms with van der Waals surface area (Å²) in [6.07, 6.45) is 0. The molecule has 0 aliphatic rings. The van der Waals surface area contributed by atoms with Crippen LogP contribution in [0.5, 0.6) is 5.75 Å². The number of halogens is 4. The molecule has 0 saturated carbocycles. The van der Waals surface area contributed by atoms with Gasteiger partial charge in [-0.2, -0.15) is 0 Å². The lowest BCUT2D eigenvalue weighted by Gasteiger charge is -2.22. The number of rotatable bonds is 5. The lowest BCUT2D eigenvalue weighted by Crippen LogP contribution is -2.35. The first kappa shape index (κ1) is 21.6. The van der Waals surface area contributed by atoms with E-state index < -0.39 is 0 Å². The maximum atomic E-state index is 6.20. The second kappa shape index (κ2) is 9.30. The Bertz CT molecular complexity index is 686. The van der Waals surface area contributed by atoms with Crippen molar-refractivity contribution in [1.82, 2.24) is 5.32 Å². The van der Waals surface area contributed by atoms with E-state index in [4.69, 9.17) is 27.9 Å². The van der Waals surface area contributed by atoms with Crippen molar-refractivity contribution < 1.29 is 4.74 Å². The summed E-state index contributed by atoms with van der Waals surface area (Å²) >= 11 is 15.6. The van der Waals surface area contributed by atoms with E-state index in [-0.39, 0.29) is 17.9 Å². The van der Waals surface area contributed by atoms with Crippen LogP contribution in [0.1, 0.15) is 31.9 Å². The van der Waals surface area contributed by atoms with Gasteiger partial charge < -0.3 is 10.1 Å². The highest BCUT2D eigenvalue weighted by Gasteiger charge is 2.12. The van der Waals surface area contributed by atoms with Crippen LogP contribution in [0, 0.1) is 0 Å². The fraction of sp³-hybridized carbons (Fsp3) is 0.333. The van der Waals surface area contributed by atoms with Gasteiger partial charge in [-0.25, -0.2) is 0 Å². The summed E-state index contributed by atoms with van der Waals surface area (Å²) < 4.78 is 7.00. The normalized spacial score (nSPS) is 11.1. The topological polar surface area (TPSA) is 21.3 Å². The van der Waals surface area contributed by atoms with E-state index in [9.17, 15) is 0 Å². The van der Waals surface area contributed by atoms with Gasteiger partial charge in [0.1, 0.15) is 12.4 Å². The lowest BCUT2D eigenvalue weighted by molar-refractivity contribution is 0.300. The molecule has 2 aromatic carbocycles. The standard InChI is InChI=1S/C18H20BrCl2NO.ClH/c1-18(2,3)22-10-13-8-14(19)5-7-17(13)23-11-12-4-6-15(20)9-16(12)21;/h4-9,22H,10-11H2,1-3H3;1H. The van der Waals surface area contributed by atoms with Gasteiger partial charge in [0, 0.05) is 37.7 Å². The monoisotopic (exact) mass is 451 g/mol. The average molecular weight is 454 g/mol. The Morgan fingerprint density at radius 1 is 1.04 bits per heavy atom. The van der Waals surface area contributed by atoms with Crippen LogP contribution in [0.15, 0.2) is 40.9 Å². The van der Waals surface area contributed by atoms with Crippen LogP contribution in [0.4, 0.5) is 0 Å². The molecule has 0 saturated heterocycles. The molecule has 24 heavy (non-hydrogen) atoms. The number of ether oxygens (including phenoxy) is 1. The first-order chi connectivity index (χ1) is 10.7. The van der Waals surface area contributed by atoms with Gasteiger partial charge in [-0.15, -0.1) is 12.4 Å². The summed E-state index contributed by atoms with van der Waals surface area (Å²) in [7, 11) is 0. The minimum Gasteiger partial charge on any atom is -0.489 e. The van der Waals surface area contributed by atoms with Crippen molar-refractivity contribution in [2.45, 2.75) is 39.5 Å². The van der Waals surface area contributed by atoms with E-state index in [0.717, 1.165) is 27.9 Å². The van der Waals surface area contributed by atoms with Crippen LogP contribution >= 0.6 is 51.5 Å². The molecule has 0 amide bonds. The molecule has 132 valence electrons. The highest BCUT2D eigenvalue weighted by atomic mass is 79.9. The number of benzene rings is 2. The Hall–Kier alpha value is -0.450. The Balaban J connectivity index is 0.00000288. The zero-order valence-electron chi connectivity index (χ0n) is 13.8. The zero-order valence-corrected chi connectivity index (χ0v) is 17.7. The van der Waals surface area contributed by atoms with E-state index in [2.05, 4.69) is 48.1 Å². The van der Waals surface area contributed by atoms with Gasteiger partial charge in [-0.3, -0.25) is 0 Å². The second-order valence-electron chi connectivity index (χ2n) is 6.38. The Morgan fingerprint density at radius 3 is 2.38 bits per heavy atom. The maximum absolute atomic E-state index is 6.20. The molecule has 0 heterocycles. The van der Waals surface area contributed by atoms with Gasteiger partial charge in [0.15, 0.2) is 0 Å². The highest BCUT2D eigenvalue weighted by Crippen LogP contribution is 2.27. The average Bonchev–Trinajstić information content (AvgIpc) is 2.45. The summed E-state index contributed by atoms with van der Waals surface area (Å²) in [4.78, 5) is 0. The third-order valence-electron chi connectivity index (χ3n) is 3.23. The van der Waals surface area contributed by atoms with Crippen molar-refractivity contribution in [3.63, 3.8) is 0 Å². The molecule has 0 radical (unpaired) electrons. The summed E-state index contributed by atoms with van der Waals surface area (Å²) in [6.45, 7) is 7.55. The van der Waals surface area contributed by atoms with Crippen LogP contribution < -0.4 is 10.1 Å². The smallest absolute Gasteiger partial charge is 0.124 e. The van der Waals surface area contributed by atoms with Crippen molar-refractivity contribution in [3.8, 4) is 5.75 Å². The van der Waals surface area contributed by atoms with Gasteiger partial charge in [0.05, 0.1) is 0 Å². The van der Waals surface area contributed by atoms with Crippen LogP contribution in [0.3, 0.4) is 0 Å². The minimum atomic E-state index is 0. The van der Waals surface area contributed by atoms with Crippen molar-refractivity contribution in [1.29, 1.82) is 0 Å². The maximum Gasteiger partial charge on any atom is 0.124 e. The number of nitrogens with one attached hydrogen (secondary N) is 1. The predicted molar refractivity (Wildman–Crippen MR) is 109 cm³/mol. The van der Waals surface area contributed by atoms with Crippen molar-refractivity contribution in [2.24, 2.45) is 0 Å². The zero-order chi connectivity index (χ0) is 17.0. The third kappa shape index (κ3) is 6.81. The van der Waals surface area contributed by atoms with Gasteiger partial charge in [0.2, 0.25) is 0 Å². The summed E-state index contributed by atoms with van der Waals surface area (Å²) in [5.74, 6) is 0.843. The Morgan fingerprint density at radius 2 is 1.75 bits per heavy atom. The second-order valence-corrected chi connectivity index (χ2v) is 8.14. The third-order valence-corrected chi connectivity index (χ3v) is 4.31. The van der Waals surface area contributed by atoms with Gasteiger partial charge in [0.25, 0.3) is 0 Å². The molecule has 1 N–H and O–H groups in total. The van der Waals surface area contributed by atoms with Crippen LogP contribution in [0.25, 0.3) is 0 Å². The highest BCUT2D eigenvalue weighted by molar-refractivity contribution is 9.10. The number of hydrogen-bond acceptors (Lipinski definition) is 2. The van der Waals surface area contributed by atoms with E-state index in [1.165, 1.54) is 0 Å². The van der Waals surface area contributed by atoms with Gasteiger partial charge in [-0.1, -0.05) is 45.2 Å². The van der Waals surface area contributed by atoms with Crippen LogP contribution in [-0.2, 0) is 13.2 Å². The molecule has 0 fully saturated rings. The SMILES string of the molecule is CC(C)(C)NCc1cc(Br)ccc1OCc1ccc(Cl)cc1Cl.Cl. The van der Waals surface area contributed by atoms with Crippen molar-refractivity contribution in [2.75, 3.05) is 0 Å². The molecule has 2 aromatic rings. The van der Waals surface area contributed by atoms with Crippen LogP contribution in [-0.4, -0.2) is 5.54 Å². The molecular formula is C18H21BrCl3NO. The molecule has 0 aliphatic heterocycles. The summed E-state index contributed by atoms with van der Waals surface area (Å²) in [6, 6.07) is 11.4. The first-order valence-electron chi connectivity index (χ1n) is 7.35. The van der Waals surface area contributed by atoms with Crippen molar-refractivity contribution in [3.05, 3.63) is 62.0 Å². The Labute approximate surface area is 168 Å². The molecule has 2 nitrogen and oxygen atoms in total.